The van der Waals surface area contributed by atoms with Crippen molar-refractivity contribution in [3.05, 3.63) is 16.4 Å². The van der Waals surface area contributed by atoms with Crippen molar-refractivity contribution >= 4 is 5.97 Å². The van der Waals surface area contributed by atoms with Crippen molar-refractivity contribution in [3.8, 4) is 11.8 Å². The highest BCUT2D eigenvalue weighted by Crippen LogP contribution is 2.04. The standard InChI is InChI=1S/C12H16N2O3/c1-3-4-5-6-7-8-9-17-12(16)11(14-13)10(2)15/h3-6,9H2,1-2H3/p+1. The molecule has 0 unspecified atom stereocenters. The second kappa shape index (κ2) is 9.23. The lowest BCUT2D eigenvalue weighted by Crippen LogP contribution is -2.07. The van der Waals surface area contributed by atoms with Gasteiger partial charge in [0.25, 0.3) is 0 Å². The van der Waals surface area contributed by atoms with Crippen LogP contribution in [-0.4, -0.2) is 17.7 Å². The Morgan fingerprint density at radius 2 is 2.12 bits per heavy atom. The van der Waals surface area contributed by atoms with Crippen LogP contribution in [0.5, 0.6) is 0 Å². The number of hydrogen-bond donors (Lipinski definition) is 1. The van der Waals surface area contributed by atoms with Gasteiger partial charge in [-0.05, 0) is 6.42 Å². The van der Waals surface area contributed by atoms with Crippen LogP contribution in [0.25, 0.3) is 4.98 Å². The third-order valence-corrected chi connectivity index (χ3v) is 1.94. The number of rotatable bonds is 5. The number of aliphatic hydroxyl groups is 1. The van der Waals surface area contributed by atoms with E-state index in [1.165, 1.54) is 6.92 Å². The molecule has 0 aliphatic carbocycles. The molecule has 0 aromatic rings. The number of ether oxygens (including phenoxy) is 1. The van der Waals surface area contributed by atoms with Gasteiger partial charge in [-0.2, -0.15) is 0 Å². The van der Waals surface area contributed by atoms with Gasteiger partial charge in [-0.1, -0.05) is 31.6 Å². The van der Waals surface area contributed by atoms with E-state index in [2.05, 4.69) is 28.5 Å². The fourth-order valence-electron chi connectivity index (χ4n) is 1.03. The van der Waals surface area contributed by atoms with Crippen LogP contribution in [0.1, 0.15) is 39.5 Å². The number of diazo groups is 1. The van der Waals surface area contributed by atoms with Crippen LogP contribution in [0.15, 0.2) is 11.5 Å². The molecule has 0 aliphatic rings. The number of aliphatic hydroxyl groups excluding tert-OH is 1. The van der Waals surface area contributed by atoms with Gasteiger partial charge in [-0.15, -0.1) is 0 Å². The molecule has 0 aromatic carbocycles. The van der Waals surface area contributed by atoms with Gasteiger partial charge in [0.2, 0.25) is 5.39 Å². The molecule has 0 saturated heterocycles. The molecule has 5 nitrogen and oxygen atoms in total. The van der Waals surface area contributed by atoms with Crippen LogP contribution >= 0.6 is 0 Å². The Balaban J connectivity index is 3.94. The van der Waals surface area contributed by atoms with Crippen LogP contribution in [0.2, 0.25) is 0 Å². The largest absolute Gasteiger partial charge is 0.505 e. The van der Waals surface area contributed by atoms with E-state index in [4.69, 9.17) is 10.5 Å². The molecular weight excluding hydrogens is 220 g/mol. The molecule has 0 bridgehead atoms. The Labute approximate surface area is 101 Å². The summed E-state index contributed by atoms with van der Waals surface area (Å²) in [5, 5.41) is 17.4. The first kappa shape index (κ1) is 15.0. The Kier molecular flexibility index (Phi) is 8.14. The summed E-state index contributed by atoms with van der Waals surface area (Å²) in [4.78, 5) is 13.8. The fraction of sp³-hybridized carbons (Fsp3) is 0.583. The normalized spacial score (nSPS) is 10.6. The summed E-state index contributed by atoms with van der Waals surface area (Å²) in [7, 11) is 0. The maximum atomic E-state index is 11.2. The van der Waals surface area contributed by atoms with E-state index in [0.717, 1.165) is 25.7 Å². The zero-order chi connectivity index (χ0) is 13.1. The highest BCUT2D eigenvalue weighted by molar-refractivity contribution is 5.90. The van der Waals surface area contributed by atoms with Gasteiger partial charge in [0, 0.05) is 13.3 Å². The van der Waals surface area contributed by atoms with Crippen molar-refractivity contribution in [1.29, 1.82) is 5.39 Å². The second-order valence-electron chi connectivity index (χ2n) is 3.42. The van der Waals surface area contributed by atoms with Gasteiger partial charge in [-0.25, -0.2) is 4.79 Å². The van der Waals surface area contributed by atoms with Crippen LogP contribution in [-0.2, 0) is 9.53 Å². The molecule has 92 valence electrons. The number of unbranched alkanes of at least 4 members (excludes halogenated alkanes) is 3. The van der Waals surface area contributed by atoms with Crippen molar-refractivity contribution < 1.29 is 14.6 Å². The molecule has 0 aliphatic heterocycles. The number of hydrogen-bond acceptors (Lipinski definition) is 4. The van der Waals surface area contributed by atoms with Crippen LogP contribution in [0, 0.1) is 17.2 Å². The zero-order valence-corrected chi connectivity index (χ0v) is 10.2. The Morgan fingerprint density at radius 3 is 2.65 bits per heavy atom. The highest BCUT2D eigenvalue weighted by Gasteiger charge is 2.28. The molecule has 0 radical (unpaired) electrons. The Hall–Kier alpha value is -2.01. The summed E-state index contributed by atoms with van der Waals surface area (Å²) in [5.41, 5.74) is -0.502. The van der Waals surface area contributed by atoms with Crippen LogP contribution < -0.4 is 0 Å². The molecule has 0 rings (SSSR count). The average Bonchev–Trinajstić information content (AvgIpc) is 2.28. The van der Waals surface area contributed by atoms with Gasteiger partial charge in [0.1, 0.15) is 0 Å². The minimum atomic E-state index is -0.893. The summed E-state index contributed by atoms with van der Waals surface area (Å²) in [6.45, 7) is 3.27. The van der Waals surface area contributed by atoms with E-state index in [1.54, 1.807) is 0 Å². The van der Waals surface area contributed by atoms with Gasteiger partial charge in [-0.3, -0.25) is 0 Å². The van der Waals surface area contributed by atoms with Gasteiger partial charge < -0.3 is 9.84 Å². The second-order valence-corrected chi connectivity index (χ2v) is 3.42. The molecule has 0 amide bonds. The van der Waals surface area contributed by atoms with Gasteiger partial charge in [0.15, 0.2) is 17.3 Å². The van der Waals surface area contributed by atoms with E-state index in [1.807, 2.05) is 0 Å². The molecule has 0 atom stereocenters. The molecule has 0 fully saturated rings. The summed E-state index contributed by atoms with van der Waals surface area (Å²) >= 11 is 0. The average molecular weight is 237 g/mol. The SMILES string of the molecule is CCCCCC#CCOC(=O)/C([N+]#N)=C(/C)O. The number of nitrogens with zero attached hydrogens (tertiary/aromatic N) is 2. The third kappa shape index (κ3) is 6.97. The van der Waals surface area contributed by atoms with E-state index >= 15 is 0 Å². The van der Waals surface area contributed by atoms with Gasteiger partial charge in [0.05, 0.1) is 0 Å². The fourth-order valence-corrected chi connectivity index (χ4v) is 1.03. The summed E-state index contributed by atoms with van der Waals surface area (Å²) in [5.74, 6) is 4.25. The lowest BCUT2D eigenvalue weighted by molar-refractivity contribution is -0.137. The minimum absolute atomic E-state index is 0.0722. The summed E-state index contributed by atoms with van der Waals surface area (Å²) in [6, 6.07) is 0. The number of esters is 1. The molecular formula is C12H17N2O3+. The van der Waals surface area contributed by atoms with Crippen molar-refractivity contribution in [2.24, 2.45) is 0 Å². The zero-order valence-electron chi connectivity index (χ0n) is 10.2. The van der Waals surface area contributed by atoms with E-state index in [9.17, 15) is 4.79 Å². The van der Waals surface area contributed by atoms with Crippen molar-refractivity contribution in [1.82, 2.24) is 0 Å². The lowest BCUT2D eigenvalue weighted by Gasteiger charge is -1.92. The molecule has 5 heteroatoms. The first-order chi connectivity index (χ1) is 8.13. The molecule has 0 saturated carbocycles. The Bertz CT molecular complexity index is 379. The molecule has 0 heterocycles. The monoisotopic (exact) mass is 237 g/mol. The molecule has 1 N–H and O–H groups in total. The van der Waals surface area contributed by atoms with Crippen molar-refractivity contribution in [2.45, 2.75) is 39.5 Å². The predicted molar refractivity (Wildman–Crippen MR) is 63.3 cm³/mol. The van der Waals surface area contributed by atoms with E-state index in [0.29, 0.717) is 0 Å². The Morgan fingerprint density at radius 1 is 1.41 bits per heavy atom. The number of carbonyl (C=O) groups excluding carboxylic acids is 1. The van der Waals surface area contributed by atoms with Crippen LogP contribution in [0.4, 0.5) is 0 Å². The number of allylic oxidation sites excluding steroid dienone is 1. The van der Waals surface area contributed by atoms with E-state index < -0.39 is 17.4 Å². The maximum Gasteiger partial charge on any atom is 0.504 e. The smallest absolute Gasteiger partial charge is 0.504 e. The molecule has 17 heavy (non-hydrogen) atoms. The first-order valence-corrected chi connectivity index (χ1v) is 5.51. The maximum absolute atomic E-state index is 11.2. The number of carbonyl (C=O) groups is 1. The molecule has 0 spiro atoms. The summed E-state index contributed by atoms with van der Waals surface area (Å²) in [6.07, 6.45) is 4.08. The van der Waals surface area contributed by atoms with Crippen molar-refractivity contribution in [2.75, 3.05) is 6.61 Å². The predicted octanol–water partition coefficient (Wildman–Crippen LogP) is 2.76. The third-order valence-electron chi connectivity index (χ3n) is 1.94. The van der Waals surface area contributed by atoms with Crippen LogP contribution in [0.3, 0.4) is 0 Å². The van der Waals surface area contributed by atoms with E-state index in [-0.39, 0.29) is 6.61 Å². The quantitative estimate of drug-likeness (QED) is 0.199. The minimum Gasteiger partial charge on any atom is -0.505 e. The topological polar surface area (TPSA) is 74.7 Å². The summed E-state index contributed by atoms with van der Waals surface area (Å²) < 4.78 is 4.68. The molecule has 0 aromatic heterocycles. The first-order valence-electron chi connectivity index (χ1n) is 5.51. The van der Waals surface area contributed by atoms with Crippen molar-refractivity contribution in [3.63, 3.8) is 0 Å². The lowest BCUT2D eigenvalue weighted by atomic mass is 10.2. The highest BCUT2D eigenvalue weighted by atomic mass is 16.5. The van der Waals surface area contributed by atoms with Gasteiger partial charge >= 0.3 is 11.7 Å².